The van der Waals surface area contributed by atoms with Crippen LogP contribution in [0.15, 0.2) is 85.2 Å². The molecule has 6 rings (SSSR count). The Morgan fingerprint density at radius 3 is 1.30 bits per heavy atom. The van der Waals surface area contributed by atoms with Crippen molar-refractivity contribution in [3.63, 3.8) is 0 Å². The van der Waals surface area contributed by atoms with E-state index in [1.54, 1.807) is 48.3 Å². The van der Waals surface area contributed by atoms with Crippen molar-refractivity contribution in [2.24, 2.45) is 5.73 Å². The van der Waals surface area contributed by atoms with Crippen LogP contribution in [0, 0.1) is 0 Å². The first-order chi connectivity index (χ1) is 29.1. The molecule has 0 spiro atoms. The molecule has 0 atom stereocenters. The molecule has 320 valence electrons. The second-order valence-corrected chi connectivity index (χ2v) is 14.2. The van der Waals surface area contributed by atoms with Gasteiger partial charge in [-0.3, -0.25) is 24.6 Å². The molecule has 16 heteroatoms. The molecule has 0 saturated carbocycles. The van der Waals surface area contributed by atoms with Gasteiger partial charge in [-0.25, -0.2) is 14.4 Å². The van der Waals surface area contributed by atoms with Crippen molar-refractivity contribution in [2.75, 3.05) is 103 Å². The van der Waals surface area contributed by atoms with Gasteiger partial charge in [0.1, 0.15) is 11.5 Å². The summed E-state index contributed by atoms with van der Waals surface area (Å²) in [5, 5.41) is 0. The average Bonchev–Trinajstić information content (AvgIpc) is 3.32. The number of hydrogen-bond donors (Lipinski definition) is 1. The highest BCUT2D eigenvalue weighted by Gasteiger charge is 2.28. The Morgan fingerprint density at radius 1 is 0.583 bits per heavy atom. The van der Waals surface area contributed by atoms with Gasteiger partial charge in [0.25, 0.3) is 0 Å². The summed E-state index contributed by atoms with van der Waals surface area (Å²) in [7, 11) is 4.55. The molecule has 0 unspecified atom stereocenters. The Bertz CT molecular complexity index is 1840. The Balaban J connectivity index is 0.000000228. The normalized spacial score (nSPS) is 14.4. The number of rotatable bonds is 13. The minimum absolute atomic E-state index is 0.0543. The number of piperazine rings is 2. The van der Waals surface area contributed by atoms with Gasteiger partial charge in [-0.15, -0.1) is 0 Å². The number of carbonyl (C=O) groups excluding carboxylic acids is 4. The number of aromatic nitrogens is 2. The van der Waals surface area contributed by atoms with E-state index in [2.05, 4.69) is 33.6 Å². The second-order valence-electron chi connectivity index (χ2n) is 14.2. The molecule has 0 radical (unpaired) electrons. The Labute approximate surface area is 352 Å². The molecule has 2 aliphatic heterocycles. The lowest BCUT2D eigenvalue weighted by Crippen LogP contribution is -2.52. The molecular weight excluding hydrogens is 767 g/mol. The first-order valence-electron chi connectivity index (χ1n) is 20.2. The number of esters is 1. The van der Waals surface area contributed by atoms with Gasteiger partial charge in [-0.05, 0) is 85.9 Å². The third kappa shape index (κ3) is 12.0. The van der Waals surface area contributed by atoms with Crippen LogP contribution in [-0.4, -0.2) is 147 Å². The number of carbonyl (C=O) groups is 4. The Morgan fingerprint density at radius 2 is 0.983 bits per heavy atom. The number of urea groups is 2. The van der Waals surface area contributed by atoms with Gasteiger partial charge < -0.3 is 39.5 Å². The van der Waals surface area contributed by atoms with Crippen LogP contribution in [0.5, 0.6) is 11.5 Å². The van der Waals surface area contributed by atoms with Gasteiger partial charge >= 0.3 is 18.0 Å². The zero-order valence-electron chi connectivity index (χ0n) is 35.3. The predicted octanol–water partition coefficient (Wildman–Crippen LogP) is 4.64. The first kappa shape index (κ1) is 45.0. The lowest BCUT2D eigenvalue weighted by Gasteiger charge is -2.37. The monoisotopic (exact) mass is 823 g/mol. The van der Waals surface area contributed by atoms with Crippen molar-refractivity contribution >= 4 is 35.2 Å². The van der Waals surface area contributed by atoms with Gasteiger partial charge in [0, 0.05) is 81.7 Å². The smallest absolute Gasteiger partial charge is 0.339 e. The number of nitrogens with two attached hydrogens (primary N) is 1. The van der Waals surface area contributed by atoms with Crippen molar-refractivity contribution in [1.82, 2.24) is 29.6 Å². The molecular formula is C44H57N9O7. The van der Waals surface area contributed by atoms with Gasteiger partial charge in [0.15, 0.2) is 5.78 Å². The summed E-state index contributed by atoms with van der Waals surface area (Å²) in [4.78, 5) is 70.7. The molecule has 0 aliphatic carbocycles. The van der Waals surface area contributed by atoms with Crippen molar-refractivity contribution in [2.45, 2.75) is 26.9 Å². The summed E-state index contributed by atoms with van der Waals surface area (Å²) in [6.07, 6.45) is 2.99. The summed E-state index contributed by atoms with van der Waals surface area (Å²) < 4.78 is 15.2. The maximum absolute atomic E-state index is 13.4. The number of Topliss-reactive ketones (excluding diaryl/α,β-unsaturated/α-hetero) is 1. The molecule has 2 aromatic carbocycles. The molecule has 2 aliphatic rings. The van der Waals surface area contributed by atoms with Crippen LogP contribution in [0.25, 0.3) is 0 Å². The van der Waals surface area contributed by atoms with E-state index in [0.29, 0.717) is 61.8 Å². The Hall–Kier alpha value is -6.10. The zero-order valence-corrected chi connectivity index (χ0v) is 35.3. The van der Waals surface area contributed by atoms with Crippen LogP contribution in [0.3, 0.4) is 0 Å². The van der Waals surface area contributed by atoms with Crippen LogP contribution in [-0.2, 0) is 17.8 Å². The standard InChI is InChI=1S/C22H29N5O3.C22H28N4O4/c1-3-25-10-12-26(13-11-25)22(29)27(19-6-8-20(30-2)9-7-19)16-18-5-4-17(15-24-18)21(28)14-23;1-4-24-11-13-25(14-12-24)22(28)26(19-7-9-20(29-2)10-8-19)16-18-6-5-17(15-23-18)21(27)30-3/h4-9,15H,3,10-14,16,23H2,1-2H3;5-10,15H,4,11-14,16H2,1-3H3. The third-order valence-electron chi connectivity index (χ3n) is 10.6. The van der Waals surface area contributed by atoms with Crippen LogP contribution in [0.1, 0.15) is 46.0 Å². The number of likely N-dealkylation sites (N-methyl/N-ethyl adjacent to an activating group) is 2. The van der Waals surface area contributed by atoms with E-state index in [4.69, 9.17) is 19.9 Å². The van der Waals surface area contributed by atoms with Crippen molar-refractivity contribution < 1.29 is 33.4 Å². The quantitative estimate of drug-likeness (QED) is 0.147. The minimum atomic E-state index is -0.439. The van der Waals surface area contributed by atoms with Crippen molar-refractivity contribution in [3.05, 3.63) is 108 Å². The van der Waals surface area contributed by atoms with Crippen LogP contribution >= 0.6 is 0 Å². The molecule has 4 heterocycles. The maximum Gasteiger partial charge on any atom is 0.339 e. The average molecular weight is 824 g/mol. The summed E-state index contributed by atoms with van der Waals surface area (Å²) in [6.45, 7) is 13.0. The van der Waals surface area contributed by atoms with Crippen LogP contribution < -0.4 is 25.0 Å². The lowest BCUT2D eigenvalue weighted by atomic mass is 10.1. The number of pyridine rings is 2. The van der Waals surface area contributed by atoms with Crippen LogP contribution in [0.2, 0.25) is 0 Å². The SMILES string of the molecule is CCN1CCN(C(=O)N(Cc2ccc(C(=O)CN)cn2)c2ccc(OC)cc2)CC1.CCN1CCN(C(=O)N(Cc2ccc(C(=O)OC)cn2)c2ccc(OC)cc2)CC1. The first-order valence-corrected chi connectivity index (χ1v) is 20.2. The molecule has 2 aromatic heterocycles. The van der Waals surface area contributed by atoms with E-state index >= 15 is 0 Å². The number of hydrogen-bond acceptors (Lipinski definition) is 12. The lowest BCUT2D eigenvalue weighted by molar-refractivity contribution is 0.0600. The van der Waals surface area contributed by atoms with E-state index < -0.39 is 5.97 Å². The molecule has 4 amide bonds. The number of amides is 4. The van der Waals surface area contributed by atoms with E-state index in [1.165, 1.54) is 19.5 Å². The fraction of sp³-hybridized carbons (Fsp3) is 0.409. The summed E-state index contributed by atoms with van der Waals surface area (Å²) in [5.41, 5.74) is 9.16. The molecule has 4 aromatic rings. The molecule has 60 heavy (non-hydrogen) atoms. The van der Waals surface area contributed by atoms with Gasteiger partial charge in [0.05, 0.1) is 57.9 Å². The number of nitrogens with zero attached hydrogens (tertiary/aromatic N) is 8. The molecule has 2 saturated heterocycles. The highest BCUT2D eigenvalue weighted by molar-refractivity contribution is 5.97. The number of anilines is 2. The molecule has 0 bridgehead atoms. The molecule has 2 fully saturated rings. The van der Waals surface area contributed by atoms with Crippen molar-refractivity contribution in [3.8, 4) is 11.5 Å². The highest BCUT2D eigenvalue weighted by Crippen LogP contribution is 2.25. The number of benzene rings is 2. The topological polar surface area (TPSA) is 167 Å². The van der Waals surface area contributed by atoms with E-state index in [0.717, 1.165) is 62.1 Å². The fourth-order valence-corrected chi connectivity index (χ4v) is 6.80. The largest absolute Gasteiger partial charge is 0.497 e. The van der Waals surface area contributed by atoms with Gasteiger partial charge in [0.2, 0.25) is 0 Å². The van der Waals surface area contributed by atoms with E-state index in [1.807, 2.05) is 58.3 Å². The van der Waals surface area contributed by atoms with Gasteiger partial charge in [-0.1, -0.05) is 13.8 Å². The fourth-order valence-electron chi connectivity index (χ4n) is 6.80. The zero-order chi connectivity index (χ0) is 43.0. The number of ether oxygens (including phenoxy) is 3. The highest BCUT2D eigenvalue weighted by atomic mass is 16.5. The van der Waals surface area contributed by atoms with E-state index in [9.17, 15) is 19.2 Å². The maximum atomic E-state index is 13.4. The van der Waals surface area contributed by atoms with Crippen LogP contribution in [0.4, 0.5) is 21.0 Å². The number of ketones is 1. The third-order valence-corrected chi connectivity index (χ3v) is 10.6. The number of methoxy groups -OCH3 is 3. The van der Waals surface area contributed by atoms with E-state index in [-0.39, 0.29) is 24.4 Å². The summed E-state index contributed by atoms with van der Waals surface area (Å²) >= 11 is 0. The molecule has 16 nitrogen and oxygen atoms in total. The molecule has 2 N–H and O–H groups in total. The second kappa shape index (κ2) is 22.3. The minimum Gasteiger partial charge on any atom is -0.497 e. The Kier molecular flexibility index (Phi) is 16.7. The summed E-state index contributed by atoms with van der Waals surface area (Å²) in [6, 6.07) is 21.5. The predicted molar refractivity (Wildman–Crippen MR) is 230 cm³/mol. The van der Waals surface area contributed by atoms with Gasteiger partial charge in [-0.2, -0.15) is 0 Å². The summed E-state index contributed by atoms with van der Waals surface area (Å²) in [5.74, 6) is 0.852. The van der Waals surface area contributed by atoms with Crippen molar-refractivity contribution in [1.29, 1.82) is 0 Å².